The number of carboxylic acids is 1. The molecule has 5 rings (SSSR count). The van der Waals surface area contributed by atoms with Gasteiger partial charge in [0.1, 0.15) is 5.75 Å². The Balaban J connectivity index is 1.58. The van der Waals surface area contributed by atoms with Crippen molar-refractivity contribution in [2.75, 3.05) is 7.11 Å². The molecule has 1 unspecified atom stereocenters. The summed E-state index contributed by atoms with van der Waals surface area (Å²) < 4.78 is 5.18. The van der Waals surface area contributed by atoms with E-state index in [0.29, 0.717) is 0 Å². The molecule has 4 bridgehead atoms. The van der Waals surface area contributed by atoms with Gasteiger partial charge in [0.05, 0.1) is 13.0 Å². The molecule has 0 amide bonds. The number of aliphatic carboxylic acids is 1. The molecule has 4 saturated carbocycles. The normalized spacial score (nSPS) is 35.3. The summed E-state index contributed by atoms with van der Waals surface area (Å²) in [6, 6.07) is 7.79. The second-order valence-corrected chi connectivity index (χ2v) is 8.23. The molecule has 1 aromatic carbocycles. The molecule has 1 aromatic rings. The molecule has 0 radical (unpaired) electrons. The van der Waals surface area contributed by atoms with Crippen LogP contribution in [-0.4, -0.2) is 18.2 Å². The lowest BCUT2D eigenvalue weighted by molar-refractivity contribution is -0.153. The summed E-state index contributed by atoms with van der Waals surface area (Å²) in [6.07, 6.45) is 11.3. The van der Waals surface area contributed by atoms with E-state index in [1.165, 1.54) is 19.3 Å². The molecule has 3 heteroatoms. The van der Waals surface area contributed by atoms with Crippen LogP contribution >= 0.6 is 0 Å². The highest BCUT2D eigenvalue weighted by Crippen LogP contribution is 2.63. The number of methoxy groups -OCH3 is 1. The van der Waals surface area contributed by atoms with Crippen molar-refractivity contribution in [2.24, 2.45) is 29.1 Å². The van der Waals surface area contributed by atoms with Crippen molar-refractivity contribution >= 4 is 12.0 Å². The molecule has 1 atom stereocenters. The fraction of sp³-hybridized carbons (Fsp3) is 0.571. The van der Waals surface area contributed by atoms with Gasteiger partial charge in [0.2, 0.25) is 0 Å². The first-order valence-electron chi connectivity index (χ1n) is 9.13. The average Bonchev–Trinajstić information content (AvgIpc) is 2.54. The van der Waals surface area contributed by atoms with E-state index in [-0.39, 0.29) is 11.3 Å². The lowest BCUT2D eigenvalue weighted by Gasteiger charge is -2.58. The van der Waals surface area contributed by atoms with Gasteiger partial charge in [-0.15, -0.1) is 0 Å². The van der Waals surface area contributed by atoms with Gasteiger partial charge in [-0.25, -0.2) is 0 Å². The van der Waals surface area contributed by atoms with Crippen LogP contribution in [0.4, 0.5) is 0 Å². The van der Waals surface area contributed by atoms with Crippen LogP contribution in [0.25, 0.3) is 6.08 Å². The highest BCUT2D eigenvalue weighted by molar-refractivity contribution is 5.75. The second-order valence-electron chi connectivity index (χ2n) is 8.23. The van der Waals surface area contributed by atoms with Crippen LogP contribution in [0.3, 0.4) is 0 Å². The van der Waals surface area contributed by atoms with Gasteiger partial charge in [0, 0.05) is 0 Å². The van der Waals surface area contributed by atoms with Crippen molar-refractivity contribution in [1.29, 1.82) is 0 Å². The number of rotatable bonds is 5. The highest BCUT2D eigenvalue weighted by atomic mass is 16.5. The summed E-state index contributed by atoms with van der Waals surface area (Å²) in [7, 11) is 1.65. The van der Waals surface area contributed by atoms with E-state index >= 15 is 0 Å². The number of hydrogen-bond acceptors (Lipinski definition) is 2. The third-order valence-electron chi connectivity index (χ3n) is 6.61. The molecule has 1 N–H and O–H groups in total. The lowest BCUT2D eigenvalue weighted by Crippen LogP contribution is -2.50. The molecule has 24 heavy (non-hydrogen) atoms. The predicted octanol–water partition coefficient (Wildman–Crippen LogP) is 4.63. The van der Waals surface area contributed by atoms with Gasteiger partial charge in [0.15, 0.2) is 0 Å². The Labute approximate surface area is 143 Å². The summed E-state index contributed by atoms with van der Waals surface area (Å²) in [5.41, 5.74) is 1.04. The minimum Gasteiger partial charge on any atom is -0.497 e. The number of benzene rings is 1. The molecule has 0 saturated heterocycles. The lowest BCUT2D eigenvalue weighted by atomic mass is 9.46. The Morgan fingerprint density at radius 1 is 1.12 bits per heavy atom. The highest BCUT2D eigenvalue weighted by Gasteiger charge is 2.55. The average molecular weight is 326 g/mol. The largest absolute Gasteiger partial charge is 0.497 e. The molecule has 4 fully saturated rings. The van der Waals surface area contributed by atoms with Gasteiger partial charge in [-0.2, -0.15) is 0 Å². The van der Waals surface area contributed by atoms with Crippen molar-refractivity contribution in [3.63, 3.8) is 0 Å². The molecule has 3 nitrogen and oxygen atoms in total. The number of ether oxygens (including phenoxy) is 1. The first kappa shape index (κ1) is 15.7. The van der Waals surface area contributed by atoms with Crippen LogP contribution in [0.5, 0.6) is 5.75 Å². The second kappa shape index (κ2) is 5.94. The van der Waals surface area contributed by atoms with Crippen molar-refractivity contribution < 1.29 is 14.6 Å². The van der Waals surface area contributed by atoms with Gasteiger partial charge in [0.25, 0.3) is 0 Å². The third kappa shape index (κ3) is 2.74. The predicted molar refractivity (Wildman–Crippen MR) is 93.8 cm³/mol. The number of carbonyl (C=O) groups is 1. The van der Waals surface area contributed by atoms with Crippen LogP contribution in [0.15, 0.2) is 30.3 Å². The Morgan fingerprint density at radius 2 is 1.67 bits per heavy atom. The van der Waals surface area contributed by atoms with Gasteiger partial charge >= 0.3 is 5.97 Å². The fourth-order valence-electron chi connectivity index (χ4n) is 6.03. The molecule has 4 aliphatic rings. The first-order chi connectivity index (χ1) is 11.6. The van der Waals surface area contributed by atoms with Gasteiger partial charge in [-0.1, -0.05) is 24.3 Å². The molecule has 4 aliphatic carbocycles. The monoisotopic (exact) mass is 326 g/mol. The van der Waals surface area contributed by atoms with Crippen molar-refractivity contribution in [2.45, 2.75) is 38.5 Å². The smallest absolute Gasteiger partial charge is 0.310 e. The van der Waals surface area contributed by atoms with E-state index in [9.17, 15) is 9.90 Å². The van der Waals surface area contributed by atoms with E-state index in [0.717, 1.165) is 48.3 Å². The van der Waals surface area contributed by atoms with Crippen molar-refractivity contribution in [3.8, 4) is 5.75 Å². The van der Waals surface area contributed by atoms with E-state index < -0.39 is 5.97 Å². The Bertz CT molecular complexity index is 608. The van der Waals surface area contributed by atoms with Gasteiger partial charge in [-0.05, 0) is 79.4 Å². The molecule has 0 aliphatic heterocycles. The summed E-state index contributed by atoms with van der Waals surface area (Å²) in [6.45, 7) is 0. The maximum atomic E-state index is 12.1. The minimum atomic E-state index is -0.651. The fourth-order valence-corrected chi connectivity index (χ4v) is 6.03. The SMILES string of the molecule is COc1ccc(/C=C/C(C(=O)O)C23CC4CC(CC(C4)C2)C3)cc1. The summed E-state index contributed by atoms with van der Waals surface area (Å²) in [5.74, 6) is 2.13. The Hall–Kier alpha value is -1.77. The van der Waals surface area contributed by atoms with Crippen LogP contribution in [0, 0.1) is 29.1 Å². The summed E-state index contributed by atoms with van der Waals surface area (Å²) in [4.78, 5) is 12.1. The molecule has 0 aromatic heterocycles. The van der Waals surface area contributed by atoms with E-state index in [4.69, 9.17) is 4.74 Å². The molecular formula is C21H26O3. The zero-order valence-electron chi connectivity index (χ0n) is 14.3. The van der Waals surface area contributed by atoms with Crippen LogP contribution in [0.2, 0.25) is 0 Å². The summed E-state index contributed by atoms with van der Waals surface area (Å²) >= 11 is 0. The number of carboxylic acid groups (broad SMARTS) is 1. The molecule has 0 heterocycles. The maximum Gasteiger partial charge on any atom is 0.310 e. The summed E-state index contributed by atoms with van der Waals surface area (Å²) in [5, 5.41) is 9.92. The standard InChI is InChI=1S/C21H26O3/c1-24-18-5-2-14(3-6-18)4-7-19(20(22)23)21-11-15-8-16(12-21)10-17(9-15)13-21/h2-7,15-17,19H,8-13H2,1H3,(H,22,23)/b7-4+. The third-order valence-corrected chi connectivity index (χ3v) is 6.61. The van der Waals surface area contributed by atoms with E-state index in [2.05, 4.69) is 0 Å². The van der Waals surface area contributed by atoms with Crippen LogP contribution in [0.1, 0.15) is 44.1 Å². The van der Waals surface area contributed by atoms with E-state index in [1.807, 2.05) is 36.4 Å². The zero-order chi connectivity index (χ0) is 16.7. The number of hydrogen-bond donors (Lipinski definition) is 1. The Morgan fingerprint density at radius 3 is 2.12 bits per heavy atom. The van der Waals surface area contributed by atoms with Crippen LogP contribution in [-0.2, 0) is 4.79 Å². The molecular weight excluding hydrogens is 300 g/mol. The van der Waals surface area contributed by atoms with Gasteiger partial charge in [-0.3, -0.25) is 4.79 Å². The maximum absolute atomic E-state index is 12.1. The van der Waals surface area contributed by atoms with Crippen LogP contribution < -0.4 is 4.74 Å². The van der Waals surface area contributed by atoms with E-state index in [1.54, 1.807) is 7.11 Å². The van der Waals surface area contributed by atoms with Crippen molar-refractivity contribution in [1.82, 2.24) is 0 Å². The molecule has 128 valence electrons. The molecule has 0 spiro atoms. The van der Waals surface area contributed by atoms with Gasteiger partial charge < -0.3 is 9.84 Å². The first-order valence-corrected chi connectivity index (χ1v) is 9.13. The topological polar surface area (TPSA) is 46.5 Å². The minimum absolute atomic E-state index is 0.00353. The quantitative estimate of drug-likeness (QED) is 0.858. The van der Waals surface area contributed by atoms with Crippen molar-refractivity contribution in [3.05, 3.63) is 35.9 Å². The zero-order valence-corrected chi connectivity index (χ0v) is 14.3. The Kier molecular flexibility index (Phi) is 3.90.